The third-order valence-corrected chi connectivity index (χ3v) is 4.37. The summed E-state index contributed by atoms with van der Waals surface area (Å²) in [6.45, 7) is 1.92. The average Bonchev–Trinajstić information content (AvgIpc) is 2.90. The zero-order chi connectivity index (χ0) is 13.2. The Morgan fingerprint density at radius 1 is 1.26 bits per heavy atom. The molecular weight excluding hydrogens is 260 g/mol. The van der Waals surface area contributed by atoms with Crippen LogP contribution >= 0.6 is 11.3 Å². The lowest BCUT2D eigenvalue weighted by molar-refractivity contribution is 0.404. The SMILES string of the molecule is COc1ccc(OC)c(-c2nc3c(s2)CNCC3)c1. The van der Waals surface area contributed by atoms with Crippen molar-refractivity contribution in [3.63, 3.8) is 0 Å². The smallest absolute Gasteiger partial charge is 0.129 e. The van der Waals surface area contributed by atoms with Crippen LogP contribution < -0.4 is 14.8 Å². The number of thiazole rings is 1. The summed E-state index contributed by atoms with van der Waals surface area (Å²) in [5.41, 5.74) is 2.21. The Labute approximate surface area is 116 Å². The molecule has 2 aromatic rings. The molecule has 5 heteroatoms. The molecule has 0 saturated carbocycles. The first kappa shape index (κ1) is 12.4. The topological polar surface area (TPSA) is 43.4 Å². The van der Waals surface area contributed by atoms with Gasteiger partial charge >= 0.3 is 0 Å². The molecule has 0 amide bonds. The van der Waals surface area contributed by atoms with E-state index >= 15 is 0 Å². The van der Waals surface area contributed by atoms with Crippen molar-refractivity contribution < 1.29 is 9.47 Å². The number of aromatic nitrogens is 1. The highest BCUT2D eigenvalue weighted by molar-refractivity contribution is 7.15. The molecule has 0 atom stereocenters. The van der Waals surface area contributed by atoms with Crippen molar-refractivity contribution >= 4 is 11.3 Å². The van der Waals surface area contributed by atoms with Crippen LogP contribution in [0.2, 0.25) is 0 Å². The molecule has 0 aliphatic carbocycles. The largest absolute Gasteiger partial charge is 0.497 e. The average molecular weight is 276 g/mol. The predicted molar refractivity (Wildman–Crippen MR) is 76.1 cm³/mol. The standard InChI is InChI=1S/C14H16N2O2S/c1-17-9-3-4-12(18-2)10(7-9)14-16-11-5-6-15-8-13(11)19-14/h3-4,7,15H,5-6,8H2,1-2H3. The lowest BCUT2D eigenvalue weighted by Gasteiger charge is -2.09. The van der Waals surface area contributed by atoms with Gasteiger partial charge in [0.05, 0.1) is 25.5 Å². The van der Waals surface area contributed by atoms with Crippen LogP contribution in [0.4, 0.5) is 0 Å². The maximum absolute atomic E-state index is 5.43. The number of hydrogen-bond acceptors (Lipinski definition) is 5. The van der Waals surface area contributed by atoms with Crippen LogP contribution in [0.1, 0.15) is 10.6 Å². The van der Waals surface area contributed by atoms with Crippen LogP contribution in [0, 0.1) is 0 Å². The lowest BCUT2D eigenvalue weighted by Crippen LogP contribution is -2.22. The van der Waals surface area contributed by atoms with E-state index in [0.29, 0.717) is 0 Å². The summed E-state index contributed by atoms with van der Waals surface area (Å²) < 4.78 is 10.7. The maximum atomic E-state index is 5.43. The first-order valence-electron chi connectivity index (χ1n) is 6.23. The molecule has 100 valence electrons. The predicted octanol–water partition coefficient (Wildman–Crippen LogP) is 2.47. The van der Waals surface area contributed by atoms with E-state index in [1.54, 1.807) is 25.6 Å². The number of fused-ring (bicyclic) bond motifs is 1. The monoisotopic (exact) mass is 276 g/mol. The molecule has 4 nitrogen and oxygen atoms in total. The third kappa shape index (κ3) is 2.31. The molecule has 0 bridgehead atoms. The van der Waals surface area contributed by atoms with Crippen LogP contribution in [0.25, 0.3) is 10.6 Å². The third-order valence-electron chi connectivity index (χ3n) is 3.24. The van der Waals surface area contributed by atoms with Crippen LogP contribution in [-0.2, 0) is 13.0 Å². The second kappa shape index (κ2) is 5.19. The molecule has 1 aromatic carbocycles. The van der Waals surface area contributed by atoms with Gasteiger partial charge in [-0.05, 0) is 18.2 Å². The minimum Gasteiger partial charge on any atom is -0.497 e. The molecule has 0 saturated heterocycles. The van der Waals surface area contributed by atoms with Gasteiger partial charge in [-0.25, -0.2) is 4.98 Å². The van der Waals surface area contributed by atoms with Crippen molar-refractivity contribution in [3.8, 4) is 22.1 Å². The van der Waals surface area contributed by atoms with Crippen LogP contribution in [-0.4, -0.2) is 25.7 Å². The molecule has 1 N–H and O–H groups in total. The quantitative estimate of drug-likeness (QED) is 0.935. The van der Waals surface area contributed by atoms with Crippen molar-refractivity contribution in [2.75, 3.05) is 20.8 Å². The first-order chi connectivity index (χ1) is 9.31. The number of nitrogens with one attached hydrogen (secondary N) is 1. The van der Waals surface area contributed by atoms with Crippen LogP contribution in [0.5, 0.6) is 11.5 Å². The van der Waals surface area contributed by atoms with E-state index in [1.165, 1.54) is 10.6 Å². The molecule has 1 aliphatic heterocycles. The fraction of sp³-hybridized carbons (Fsp3) is 0.357. The van der Waals surface area contributed by atoms with Crippen molar-refractivity contribution in [2.45, 2.75) is 13.0 Å². The molecule has 0 spiro atoms. The zero-order valence-corrected chi connectivity index (χ0v) is 11.8. The van der Waals surface area contributed by atoms with E-state index in [0.717, 1.165) is 41.6 Å². The molecule has 0 radical (unpaired) electrons. The van der Waals surface area contributed by atoms with Gasteiger partial charge in [-0.1, -0.05) is 0 Å². The molecule has 3 rings (SSSR count). The molecule has 1 aliphatic rings. The van der Waals surface area contributed by atoms with Gasteiger partial charge in [0.25, 0.3) is 0 Å². The summed E-state index contributed by atoms with van der Waals surface area (Å²) in [6.07, 6.45) is 0.998. The van der Waals surface area contributed by atoms with Gasteiger partial charge in [-0.2, -0.15) is 0 Å². The zero-order valence-electron chi connectivity index (χ0n) is 11.0. The van der Waals surface area contributed by atoms with E-state index in [9.17, 15) is 0 Å². The molecule has 19 heavy (non-hydrogen) atoms. The van der Waals surface area contributed by atoms with Gasteiger partial charge in [0.1, 0.15) is 16.5 Å². The molecule has 0 unspecified atom stereocenters. The first-order valence-corrected chi connectivity index (χ1v) is 7.05. The van der Waals surface area contributed by atoms with Crippen LogP contribution in [0.15, 0.2) is 18.2 Å². The van der Waals surface area contributed by atoms with Crippen molar-refractivity contribution in [2.24, 2.45) is 0 Å². The minimum absolute atomic E-state index is 0.821. The Morgan fingerprint density at radius 2 is 2.16 bits per heavy atom. The Balaban J connectivity index is 2.07. The summed E-state index contributed by atoms with van der Waals surface area (Å²) in [7, 11) is 3.35. The summed E-state index contributed by atoms with van der Waals surface area (Å²) in [6, 6.07) is 5.81. The van der Waals surface area contributed by atoms with Gasteiger partial charge in [-0.15, -0.1) is 11.3 Å². The maximum Gasteiger partial charge on any atom is 0.129 e. The van der Waals surface area contributed by atoms with E-state index in [1.807, 2.05) is 18.2 Å². The molecule has 0 fully saturated rings. The van der Waals surface area contributed by atoms with E-state index in [4.69, 9.17) is 14.5 Å². The van der Waals surface area contributed by atoms with E-state index < -0.39 is 0 Å². The number of nitrogens with zero attached hydrogens (tertiary/aromatic N) is 1. The highest BCUT2D eigenvalue weighted by Crippen LogP contribution is 2.37. The van der Waals surface area contributed by atoms with Gasteiger partial charge in [0, 0.05) is 24.4 Å². The van der Waals surface area contributed by atoms with Crippen molar-refractivity contribution in [3.05, 3.63) is 28.8 Å². The number of rotatable bonds is 3. The fourth-order valence-corrected chi connectivity index (χ4v) is 3.32. The second-order valence-corrected chi connectivity index (χ2v) is 5.47. The van der Waals surface area contributed by atoms with Crippen molar-refractivity contribution in [1.29, 1.82) is 0 Å². The number of methoxy groups -OCH3 is 2. The second-order valence-electron chi connectivity index (χ2n) is 4.38. The Bertz CT molecular complexity index is 572. The van der Waals surface area contributed by atoms with E-state index in [-0.39, 0.29) is 0 Å². The fourth-order valence-electron chi connectivity index (χ4n) is 2.22. The summed E-state index contributed by atoms with van der Waals surface area (Å²) in [4.78, 5) is 6.07. The Kier molecular flexibility index (Phi) is 3.40. The van der Waals surface area contributed by atoms with Gasteiger partial charge in [0.15, 0.2) is 0 Å². The normalized spacial score (nSPS) is 14.0. The van der Waals surface area contributed by atoms with E-state index in [2.05, 4.69) is 5.32 Å². The minimum atomic E-state index is 0.821. The van der Waals surface area contributed by atoms with Gasteiger partial charge in [0.2, 0.25) is 0 Å². The highest BCUT2D eigenvalue weighted by Gasteiger charge is 2.18. The Morgan fingerprint density at radius 3 is 2.89 bits per heavy atom. The number of benzene rings is 1. The lowest BCUT2D eigenvalue weighted by atomic mass is 10.2. The molecule has 1 aromatic heterocycles. The number of ether oxygens (including phenoxy) is 2. The van der Waals surface area contributed by atoms with Gasteiger partial charge < -0.3 is 14.8 Å². The molecular formula is C14H16N2O2S. The highest BCUT2D eigenvalue weighted by atomic mass is 32.1. The summed E-state index contributed by atoms with van der Waals surface area (Å²) in [5.74, 6) is 1.65. The number of hydrogen-bond donors (Lipinski definition) is 1. The van der Waals surface area contributed by atoms with Crippen LogP contribution in [0.3, 0.4) is 0 Å². The Hall–Kier alpha value is -1.59. The van der Waals surface area contributed by atoms with Crippen molar-refractivity contribution in [1.82, 2.24) is 10.3 Å². The summed E-state index contributed by atoms with van der Waals surface area (Å²) >= 11 is 1.73. The molecule has 2 heterocycles. The van der Waals surface area contributed by atoms with Gasteiger partial charge in [-0.3, -0.25) is 0 Å². The summed E-state index contributed by atoms with van der Waals surface area (Å²) in [5, 5.41) is 4.38.